The van der Waals surface area contributed by atoms with Crippen LogP contribution in [0.2, 0.25) is 0 Å². The topological polar surface area (TPSA) is 82.1 Å². The predicted octanol–water partition coefficient (Wildman–Crippen LogP) is 4.11. The van der Waals surface area contributed by atoms with E-state index in [0.717, 1.165) is 42.6 Å². The summed E-state index contributed by atoms with van der Waals surface area (Å²) in [7, 11) is -2.36. The summed E-state index contributed by atoms with van der Waals surface area (Å²) in [6.45, 7) is 5.10. The minimum Gasteiger partial charge on any atom is -0.495 e. The number of para-hydroxylation sites is 1. The van der Waals surface area contributed by atoms with E-state index in [2.05, 4.69) is 0 Å². The minimum absolute atomic E-state index is 0.0110. The van der Waals surface area contributed by atoms with Gasteiger partial charge in [0.25, 0.3) is 0 Å². The van der Waals surface area contributed by atoms with Crippen molar-refractivity contribution in [2.45, 2.75) is 44.4 Å². The van der Waals surface area contributed by atoms with Gasteiger partial charge < -0.3 is 14.2 Å². The number of ether oxygens (including phenoxy) is 3. The Hall–Kier alpha value is -2.58. The summed E-state index contributed by atoms with van der Waals surface area (Å²) in [5.74, 6) is 0.382. The molecule has 0 amide bonds. The van der Waals surface area contributed by atoms with Gasteiger partial charge in [0.15, 0.2) is 0 Å². The molecule has 1 saturated heterocycles. The number of aryl methyl sites for hydroxylation is 2. The van der Waals surface area contributed by atoms with E-state index in [0.29, 0.717) is 13.1 Å². The van der Waals surface area contributed by atoms with Crippen LogP contribution in [0.1, 0.15) is 47.2 Å². The highest BCUT2D eigenvalue weighted by Crippen LogP contribution is 2.29. The summed E-state index contributed by atoms with van der Waals surface area (Å²) in [6.07, 6.45) is 3.67. The second-order valence-corrected chi connectivity index (χ2v) is 9.80. The Kier molecular flexibility index (Phi) is 8.15. The van der Waals surface area contributed by atoms with Crippen LogP contribution in [-0.2, 0) is 14.8 Å². The second kappa shape index (κ2) is 10.8. The third kappa shape index (κ3) is 5.61. The van der Waals surface area contributed by atoms with Gasteiger partial charge in [-0.1, -0.05) is 31.0 Å². The molecule has 32 heavy (non-hydrogen) atoms. The summed E-state index contributed by atoms with van der Waals surface area (Å²) in [6, 6.07) is 10.2. The van der Waals surface area contributed by atoms with Crippen molar-refractivity contribution in [3.05, 3.63) is 53.1 Å². The maximum atomic E-state index is 13.2. The number of sulfonamides is 1. The van der Waals surface area contributed by atoms with E-state index in [4.69, 9.17) is 14.2 Å². The second-order valence-electron chi connectivity index (χ2n) is 7.89. The zero-order valence-electron chi connectivity index (χ0n) is 18.9. The fourth-order valence-electron chi connectivity index (χ4n) is 3.81. The van der Waals surface area contributed by atoms with Gasteiger partial charge in [0.05, 0.1) is 12.7 Å². The molecule has 0 aliphatic carbocycles. The Labute approximate surface area is 190 Å². The van der Waals surface area contributed by atoms with Crippen LogP contribution in [0.5, 0.6) is 11.5 Å². The Morgan fingerprint density at radius 1 is 0.969 bits per heavy atom. The largest absolute Gasteiger partial charge is 0.495 e. The molecule has 174 valence electrons. The summed E-state index contributed by atoms with van der Waals surface area (Å²) >= 11 is 0. The van der Waals surface area contributed by atoms with Gasteiger partial charge in [-0.2, -0.15) is 4.31 Å². The summed E-state index contributed by atoms with van der Waals surface area (Å²) in [4.78, 5) is 12.6. The number of esters is 1. The fourth-order valence-corrected chi connectivity index (χ4v) is 5.51. The Balaban J connectivity index is 1.69. The van der Waals surface area contributed by atoms with Gasteiger partial charge in [-0.3, -0.25) is 0 Å². The van der Waals surface area contributed by atoms with Crippen molar-refractivity contribution >= 4 is 16.0 Å². The monoisotopic (exact) mass is 461 g/mol. The van der Waals surface area contributed by atoms with Crippen molar-refractivity contribution in [3.8, 4) is 11.5 Å². The van der Waals surface area contributed by atoms with Gasteiger partial charge in [-0.15, -0.1) is 0 Å². The summed E-state index contributed by atoms with van der Waals surface area (Å²) in [5, 5.41) is 0. The molecular weight excluding hydrogens is 430 g/mol. The smallest absolute Gasteiger partial charge is 0.338 e. The highest BCUT2D eigenvalue weighted by Gasteiger charge is 2.29. The molecule has 8 heteroatoms. The van der Waals surface area contributed by atoms with Crippen molar-refractivity contribution < 1.29 is 27.4 Å². The van der Waals surface area contributed by atoms with E-state index in [1.165, 1.54) is 29.6 Å². The Bertz CT molecular complexity index is 1020. The van der Waals surface area contributed by atoms with E-state index in [9.17, 15) is 13.2 Å². The van der Waals surface area contributed by atoms with Gasteiger partial charge in [0.2, 0.25) is 10.0 Å². The van der Waals surface area contributed by atoms with E-state index in [1.807, 2.05) is 32.0 Å². The maximum absolute atomic E-state index is 13.2. The summed E-state index contributed by atoms with van der Waals surface area (Å²) in [5.41, 5.74) is 2.18. The third-order valence-electron chi connectivity index (χ3n) is 5.55. The zero-order chi connectivity index (χ0) is 23.1. The number of benzene rings is 2. The average molecular weight is 462 g/mol. The van der Waals surface area contributed by atoms with Gasteiger partial charge in [-0.25, -0.2) is 13.2 Å². The molecule has 1 aliphatic rings. The maximum Gasteiger partial charge on any atom is 0.338 e. The van der Waals surface area contributed by atoms with E-state index >= 15 is 0 Å². The zero-order valence-corrected chi connectivity index (χ0v) is 19.7. The van der Waals surface area contributed by atoms with Crippen molar-refractivity contribution in [1.29, 1.82) is 0 Å². The van der Waals surface area contributed by atoms with Crippen LogP contribution in [0.15, 0.2) is 41.3 Å². The van der Waals surface area contributed by atoms with Crippen LogP contribution in [0, 0.1) is 13.8 Å². The third-order valence-corrected chi connectivity index (χ3v) is 7.47. The highest BCUT2D eigenvalue weighted by molar-refractivity contribution is 7.89. The molecule has 7 nitrogen and oxygen atoms in total. The lowest BCUT2D eigenvalue weighted by Gasteiger charge is -2.21. The molecule has 0 spiro atoms. The molecule has 2 aromatic rings. The molecule has 3 rings (SSSR count). The van der Waals surface area contributed by atoms with Gasteiger partial charge in [-0.05, 0) is 56.0 Å². The van der Waals surface area contributed by atoms with Gasteiger partial charge in [0.1, 0.15) is 29.6 Å². The lowest BCUT2D eigenvalue weighted by Crippen LogP contribution is -2.32. The number of rotatable bonds is 8. The first kappa shape index (κ1) is 24.1. The normalized spacial score (nSPS) is 15.1. The molecule has 1 fully saturated rings. The Morgan fingerprint density at radius 3 is 2.25 bits per heavy atom. The minimum atomic E-state index is -3.78. The number of carbonyl (C=O) groups is 1. The van der Waals surface area contributed by atoms with E-state index < -0.39 is 16.0 Å². The number of hydrogen-bond donors (Lipinski definition) is 0. The van der Waals surface area contributed by atoms with Crippen molar-refractivity contribution in [1.82, 2.24) is 4.31 Å². The fraction of sp³-hybridized carbons (Fsp3) is 0.458. The van der Waals surface area contributed by atoms with E-state index in [1.54, 1.807) is 0 Å². The quantitative estimate of drug-likeness (QED) is 0.435. The van der Waals surface area contributed by atoms with Crippen LogP contribution in [0.4, 0.5) is 0 Å². The standard InChI is InChI=1S/C24H31NO6S/c1-18-9-8-10-19(2)23(18)30-15-16-31-24(26)20-11-12-21(29-3)22(17-20)32(27,28)25-13-6-4-5-7-14-25/h8-12,17H,4-7,13-16H2,1-3H3. The van der Waals surface area contributed by atoms with Crippen LogP contribution in [-0.4, -0.2) is 52.1 Å². The highest BCUT2D eigenvalue weighted by atomic mass is 32.2. The first-order valence-corrected chi connectivity index (χ1v) is 12.3. The van der Waals surface area contributed by atoms with Crippen LogP contribution in [0.25, 0.3) is 0 Å². The molecule has 0 bridgehead atoms. The number of carbonyl (C=O) groups excluding carboxylic acids is 1. The van der Waals surface area contributed by atoms with Crippen LogP contribution < -0.4 is 9.47 Å². The molecule has 2 aromatic carbocycles. The molecule has 1 heterocycles. The molecule has 0 aromatic heterocycles. The number of nitrogens with zero attached hydrogens (tertiary/aromatic N) is 1. The molecule has 0 atom stereocenters. The molecule has 0 unspecified atom stereocenters. The van der Waals surface area contributed by atoms with Gasteiger partial charge in [0, 0.05) is 13.1 Å². The Morgan fingerprint density at radius 2 is 1.62 bits per heavy atom. The molecule has 0 radical (unpaired) electrons. The number of methoxy groups -OCH3 is 1. The average Bonchev–Trinajstić information content (AvgIpc) is 3.08. The molecule has 0 saturated carbocycles. The first-order valence-electron chi connectivity index (χ1n) is 10.9. The molecular formula is C24H31NO6S. The molecule has 0 N–H and O–H groups in total. The van der Waals surface area contributed by atoms with Crippen molar-refractivity contribution in [2.75, 3.05) is 33.4 Å². The van der Waals surface area contributed by atoms with Crippen molar-refractivity contribution in [2.24, 2.45) is 0 Å². The van der Waals surface area contributed by atoms with Gasteiger partial charge >= 0.3 is 5.97 Å². The van der Waals surface area contributed by atoms with Crippen LogP contribution in [0.3, 0.4) is 0 Å². The predicted molar refractivity (Wildman–Crippen MR) is 122 cm³/mol. The lowest BCUT2D eigenvalue weighted by atomic mass is 10.1. The van der Waals surface area contributed by atoms with E-state index in [-0.39, 0.29) is 29.4 Å². The van der Waals surface area contributed by atoms with Crippen molar-refractivity contribution in [3.63, 3.8) is 0 Å². The molecule has 1 aliphatic heterocycles. The first-order chi connectivity index (χ1) is 15.3. The van der Waals surface area contributed by atoms with Crippen LogP contribution >= 0.6 is 0 Å². The summed E-state index contributed by atoms with van der Waals surface area (Å²) < 4.78 is 44.3. The lowest BCUT2D eigenvalue weighted by molar-refractivity contribution is 0.0449. The SMILES string of the molecule is COc1ccc(C(=O)OCCOc2c(C)cccc2C)cc1S(=O)(=O)N1CCCCCC1. The number of hydrogen-bond acceptors (Lipinski definition) is 6.